The highest BCUT2D eigenvalue weighted by Gasteiger charge is 2.38. The minimum Gasteiger partial charge on any atom is -0.496 e. The quantitative estimate of drug-likeness (QED) is 0.158. The molecule has 0 bridgehead atoms. The summed E-state index contributed by atoms with van der Waals surface area (Å²) in [7, 11) is 1.73. The first-order valence-corrected chi connectivity index (χ1v) is 18.8. The van der Waals surface area contributed by atoms with Crippen molar-refractivity contribution in [1.82, 2.24) is 25.1 Å². The lowest BCUT2D eigenvalue weighted by Crippen LogP contribution is -2.24. The number of carbonyl (C=O) groups is 1. The number of fused-ring (bicyclic) bond motifs is 4. The van der Waals surface area contributed by atoms with Crippen LogP contribution in [0.5, 0.6) is 5.75 Å². The van der Waals surface area contributed by atoms with Gasteiger partial charge in [-0.05, 0) is 102 Å². The van der Waals surface area contributed by atoms with E-state index in [1.165, 1.54) is 22.3 Å². The van der Waals surface area contributed by atoms with Gasteiger partial charge in [0.2, 0.25) is 11.8 Å². The number of aromatic nitrogens is 4. The third-order valence-electron chi connectivity index (χ3n) is 10.6. The van der Waals surface area contributed by atoms with Crippen molar-refractivity contribution in [3.8, 4) is 27.6 Å². The Morgan fingerprint density at radius 3 is 2.78 bits per heavy atom. The van der Waals surface area contributed by atoms with Gasteiger partial charge in [0, 0.05) is 35.1 Å². The van der Waals surface area contributed by atoms with Gasteiger partial charge in [0.25, 0.3) is 5.91 Å². The molecule has 1 aliphatic heterocycles. The minimum absolute atomic E-state index is 0.00955. The number of thiophene rings is 1. The molecule has 5 heterocycles. The number of hydrogen-bond acceptors (Lipinski definition) is 9. The first-order chi connectivity index (χ1) is 24.9. The Morgan fingerprint density at radius 1 is 1.06 bits per heavy atom. The van der Waals surface area contributed by atoms with Crippen molar-refractivity contribution in [2.75, 3.05) is 19.0 Å². The van der Waals surface area contributed by atoms with Gasteiger partial charge in [-0.25, -0.2) is 4.98 Å². The molecule has 2 aromatic carbocycles. The second kappa shape index (κ2) is 12.8. The predicted molar refractivity (Wildman–Crippen MR) is 200 cm³/mol. The van der Waals surface area contributed by atoms with Gasteiger partial charge in [0.1, 0.15) is 11.6 Å². The van der Waals surface area contributed by atoms with Gasteiger partial charge in [-0.15, -0.1) is 21.5 Å². The number of aryl methyl sites for hydroxylation is 2. The molecule has 2 aliphatic carbocycles. The van der Waals surface area contributed by atoms with Gasteiger partial charge < -0.3 is 19.4 Å². The zero-order chi connectivity index (χ0) is 34.8. The number of pyridine rings is 2. The summed E-state index contributed by atoms with van der Waals surface area (Å²) in [6.07, 6.45) is 7.24. The molecule has 0 radical (unpaired) electrons. The van der Waals surface area contributed by atoms with Crippen LogP contribution in [0.1, 0.15) is 88.0 Å². The van der Waals surface area contributed by atoms with Crippen LogP contribution in [0, 0.1) is 6.92 Å². The molecule has 1 amide bonds. The lowest BCUT2D eigenvalue weighted by molar-refractivity contribution is 0.0778. The fraction of sp³-hybridized carbons (Fsp3) is 0.325. The summed E-state index contributed by atoms with van der Waals surface area (Å²) in [5, 5.41) is 14.4. The molecule has 258 valence electrons. The fourth-order valence-corrected chi connectivity index (χ4v) is 9.71. The van der Waals surface area contributed by atoms with Crippen molar-refractivity contribution in [3.63, 3.8) is 0 Å². The van der Waals surface area contributed by atoms with Gasteiger partial charge in [-0.2, -0.15) is 0 Å². The van der Waals surface area contributed by atoms with Crippen molar-refractivity contribution in [2.45, 2.75) is 70.9 Å². The van der Waals surface area contributed by atoms with Crippen LogP contribution in [0.15, 0.2) is 59.1 Å². The van der Waals surface area contributed by atoms with Crippen LogP contribution in [0.2, 0.25) is 5.02 Å². The normalized spacial score (nSPS) is 17.6. The van der Waals surface area contributed by atoms with Crippen LogP contribution in [-0.4, -0.2) is 44.6 Å². The highest BCUT2D eigenvalue weighted by molar-refractivity contribution is 7.23. The molecule has 3 aliphatic rings. The average Bonchev–Trinajstić information content (AvgIpc) is 3.97. The Hall–Kier alpha value is -4.80. The zero-order valence-corrected chi connectivity index (χ0v) is 30.3. The minimum atomic E-state index is -0.00955. The highest BCUT2D eigenvalue weighted by Crippen LogP contribution is 2.48. The molecular formula is C40H37ClN6O3S. The SMILES string of the molecule is CCCN1Cc2nc(CC3CCc4cc(Cl)ccc43)c(-c3nnc(C)o3)c(-c3cc4ccnc(NC5CCc6c(OC)cccc65)c4s3)c2C1=O. The molecular weight excluding hydrogens is 680 g/mol. The van der Waals surface area contributed by atoms with E-state index in [0.717, 1.165) is 86.2 Å². The smallest absolute Gasteiger partial charge is 0.256 e. The number of ether oxygens (including phenoxy) is 1. The summed E-state index contributed by atoms with van der Waals surface area (Å²) in [4.78, 5) is 27.3. The van der Waals surface area contributed by atoms with E-state index in [4.69, 9.17) is 30.7 Å². The number of nitrogens with zero attached hydrogens (tertiary/aromatic N) is 5. The molecule has 11 heteroatoms. The first-order valence-electron chi connectivity index (χ1n) is 17.6. The summed E-state index contributed by atoms with van der Waals surface area (Å²) in [5.74, 6) is 2.84. The van der Waals surface area contributed by atoms with E-state index in [-0.39, 0.29) is 17.9 Å². The number of halogens is 1. The molecule has 0 saturated carbocycles. The first kappa shape index (κ1) is 32.1. The van der Waals surface area contributed by atoms with E-state index in [1.807, 2.05) is 29.3 Å². The Morgan fingerprint density at radius 2 is 1.96 bits per heavy atom. The third-order valence-corrected chi connectivity index (χ3v) is 12.0. The molecule has 0 saturated heterocycles. The predicted octanol–water partition coefficient (Wildman–Crippen LogP) is 9.12. The maximum atomic E-state index is 14.3. The number of methoxy groups -OCH3 is 1. The third kappa shape index (κ3) is 5.47. The molecule has 9 rings (SSSR count). The van der Waals surface area contributed by atoms with E-state index in [2.05, 4.69) is 52.8 Å². The van der Waals surface area contributed by atoms with E-state index in [0.29, 0.717) is 36.9 Å². The molecule has 2 unspecified atom stereocenters. The van der Waals surface area contributed by atoms with Gasteiger partial charge in [0.05, 0.1) is 46.9 Å². The largest absolute Gasteiger partial charge is 0.496 e. The Labute approximate surface area is 305 Å². The maximum Gasteiger partial charge on any atom is 0.256 e. The van der Waals surface area contributed by atoms with E-state index in [9.17, 15) is 4.79 Å². The molecule has 1 N–H and O–H groups in total. The number of anilines is 1. The lowest BCUT2D eigenvalue weighted by atomic mass is 9.90. The standard InChI is InChI=1S/C40H37ClN6O3S/c1-4-16-47-20-31-35(40(47)48)36(34(39-46-45-21(2)50-39)30(43-31)18-23-9-8-22-17-25(41)10-11-26(22)23)33-19-24-14-15-42-38(37(24)51-33)44-29-13-12-28-27(29)6-5-7-32(28)49-3/h5-7,10-11,14-15,17,19,23,29H,4,8-9,12-13,16,18,20H2,1-3H3,(H,42,44). The number of carbonyl (C=O) groups excluding carboxylic acids is 1. The number of benzene rings is 2. The van der Waals surface area contributed by atoms with Crippen molar-refractivity contribution in [1.29, 1.82) is 0 Å². The number of hydrogen-bond donors (Lipinski definition) is 1. The van der Waals surface area contributed by atoms with E-state index < -0.39 is 0 Å². The Bertz CT molecular complexity index is 2350. The molecule has 6 aromatic rings. The van der Waals surface area contributed by atoms with Crippen molar-refractivity contribution in [2.24, 2.45) is 0 Å². The number of nitrogens with one attached hydrogen (secondary N) is 1. The summed E-state index contributed by atoms with van der Waals surface area (Å²) in [6.45, 7) is 5.03. The zero-order valence-electron chi connectivity index (χ0n) is 28.8. The topological polar surface area (TPSA) is 106 Å². The number of amides is 1. The lowest BCUT2D eigenvalue weighted by Gasteiger charge is -2.18. The van der Waals surface area contributed by atoms with E-state index in [1.54, 1.807) is 25.4 Å². The molecule has 51 heavy (non-hydrogen) atoms. The monoisotopic (exact) mass is 716 g/mol. The molecule has 2 atom stereocenters. The summed E-state index contributed by atoms with van der Waals surface area (Å²) in [6, 6.07) is 16.8. The number of rotatable bonds is 9. The van der Waals surface area contributed by atoms with E-state index >= 15 is 0 Å². The van der Waals surface area contributed by atoms with Crippen LogP contribution >= 0.6 is 22.9 Å². The van der Waals surface area contributed by atoms with Gasteiger partial charge >= 0.3 is 0 Å². The maximum absolute atomic E-state index is 14.3. The van der Waals surface area contributed by atoms with Gasteiger partial charge in [0.15, 0.2) is 0 Å². The van der Waals surface area contributed by atoms with Crippen molar-refractivity contribution < 1.29 is 13.9 Å². The molecule has 9 nitrogen and oxygen atoms in total. The van der Waals surface area contributed by atoms with Crippen LogP contribution in [0.3, 0.4) is 0 Å². The average molecular weight is 717 g/mol. The van der Waals surface area contributed by atoms with Crippen molar-refractivity contribution in [3.05, 3.63) is 105 Å². The second-order valence-electron chi connectivity index (χ2n) is 13.7. The second-order valence-corrected chi connectivity index (χ2v) is 15.2. The van der Waals surface area contributed by atoms with Crippen LogP contribution < -0.4 is 10.1 Å². The van der Waals surface area contributed by atoms with Crippen LogP contribution in [0.25, 0.3) is 32.0 Å². The Balaban J connectivity index is 1.20. The van der Waals surface area contributed by atoms with Gasteiger partial charge in [-0.3, -0.25) is 9.78 Å². The van der Waals surface area contributed by atoms with Crippen LogP contribution in [0.4, 0.5) is 5.82 Å². The molecule has 0 spiro atoms. The fourth-order valence-electron chi connectivity index (χ4n) is 8.35. The molecule has 4 aromatic heterocycles. The van der Waals surface area contributed by atoms with Crippen LogP contribution in [-0.2, 0) is 25.8 Å². The molecule has 0 fully saturated rings. The summed E-state index contributed by atoms with van der Waals surface area (Å²) < 4.78 is 12.9. The van der Waals surface area contributed by atoms with Crippen molar-refractivity contribution >= 4 is 44.7 Å². The highest BCUT2D eigenvalue weighted by atomic mass is 35.5. The van der Waals surface area contributed by atoms with Gasteiger partial charge in [-0.1, -0.05) is 36.7 Å². The summed E-state index contributed by atoms with van der Waals surface area (Å²) in [5.41, 5.74) is 8.95. The summed E-state index contributed by atoms with van der Waals surface area (Å²) >= 11 is 8.02. The Kier molecular flexibility index (Phi) is 8.04.